The van der Waals surface area contributed by atoms with Crippen LogP contribution < -0.4 is 5.32 Å². The first-order valence-electron chi connectivity index (χ1n) is 8.56. The van der Waals surface area contributed by atoms with Crippen LogP contribution in [0.4, 0.5) is 23.7 Å². The summed E-state index contributed by atoms with van der Waals surface area (Å²) >= 11 is 5.63. The van der Waals surface area contributed by atoms with Gasteiger partial charge in [0.1, 0.15) is 0 Å². The largest absolute Gasteiger partial charge is 0.466 e. The number of anilines is 1. The van der Waals surface area contributed by atoms with E-state index in [1.165, 1.54) is 19.4 Å². The van der Waals surface area contributed by atoms with Crippen molar-refractivity contribution in [1.29, 1.82) is 0 Å². The number of carbonyl (C=O) groups is 2. The maximum atomic E-state index is 13.2. The third-order valence-corrected chi connectivity index (χ3v) is 5.08. The average Bonchev–Trinajstić information content (AvgIpc) is 3.04. The maximum absolute atomic E-state index is 13.2. The number of methoxy groups -OCH3 is 1. The van der Waals surface area contributed by atoms with Gasteiger partial charge in [0, 0.05) is 10.9 Å². The van der Waals surface area contributed by atoms with Crippen LogP contribution in [0.1, 0.15) is 18.9 Å². The highest BCUT2D eigenvalue weighted by molar-refractivity contribution is 6.30. The second-order valence-corrected chi connectivity index (χ2v) is 7.04. The van der Waals surface area contributed by atoms with E-state index in [2.05, 4.69) is 5.32 Å². The third-order valence-electron chi connectivity index (χ3n) is 4.84. The normalized spacial score (nSPS) is 23.3. The number of amides is 1. The first-order chi connectivity index (χ1) is 13.6. The molecule has 0 spiro atoms. The van der Waals surface area contributed by atoms with Crippen LogP contribution in [0.5, 0.6) is 0 Å². The standard InChI is InChI=1S/C19H17ClF3NO5/c1-9-3-5-11-12(16(25)27-2)8-28-17(15(9)11)29-18(26)24-14-6-4-10(20)7-13(14)19(21,22)23/h3-4,6-8,11,15,17H,5H2,1-2H3,(H,24,26). The van der Waals surface area contributed by atoms with Crippen LogP contribution in [0.3, 0.4) is 0 Å². The van der Waals surface area contributed by atoms with E-state index in [1.54, 1.807) is 6.92 Å². The molecule has 1 aromatic rings. The van der Waals surface area contributed by atoms with Crippen molar-refractivity contribution in [2.75, 3.05) is 12.4 Å². The average molecular weight is 432 g/mol. The fraction of sp³-hybridized carbons (Fsp3) is 0.368. The van der Waals surface area contributed by atoms with Crippen molar-refractivity contribution in [3.05, 3.63) is 52.3 Å². The number of esters is 1. The molecule has 1 heterocycles. The molecular weight excluding hydrogens is 415 g/mol. The summed E-state index contributed by atoms with van der Waals surface area (Å²) in [6, 6.07) is 2.96. The third kappa shape index (κ3) is 4.34. The van der Waals surface area contributed by atoms with E-state index in [1.807, 2.05) is 6.08 Å². The highest BCUT2D eigenvalue weighted by Gasteiger charge is 2.45. The molecule has 3 unspecified atom stereocenters. The zero-order valence-electron chi connectivity index (χ0n) is 15.4. The number of nitrogens with one attached hydrogen (secondary N) is 1. The highest BCUT2D eigenvalue weighted by Crippen LogP contribution is 2.43. The maximum Gasteiger partial charge on any atom is 0.418 e. The quantitative estimate of drug-likeness (QED) is 0.544. The summed E-state index contributed by atoms with van der Waals surface area (Å²) < 4.78 is 54.9. The molecule has 0 saturated heterocycles. The molecule has 2 aliphatic rings. The lowest BCUT2D eigenvalue weighted by molar-refractivity contribution is -0.141. The van der Waals surface area contributed by atoms with Crippen LogP contribution in [-0.4, -0.2) is 25.5 Å². The Balaban J connectivity index is 1.77. The lowest BCUT2D eigenvalue weighted by Gasteiger charge is -2.33. The summed E-state index contributed by atoms with van der Waals surface area (Å²) in [6.45, 7) is 1.80. The van der Waals surface area contributed by atoms with Gasteiger partial charge in [-0.25, -0.2) is 9.59 Å². The smallest absolute Gasteiger partial charge is 0.418 e. The summed E-state index contributed by atoms with van der Waals surface area (Å²) in [5, 5.41) is 1.96. The molecule has 1 aromatic carbocycles. The van der Waals surface area contributed by atoms with Gasteiger partial charge in [-0.2, -0.15) is 13.2 Å². The summed E-state index contributed by atoms with van der Waals surface area (Å²) in [4.78, 5) is 24.2. The number of rotatable bonds is 3. The Kier molecular flexibility index (Phi) is 5.79. The molecule has 10 heteroatoms. The highest BCUT2D eigenvalue weighted by atomic mass is 35.5. The lowest BCUT2D eigenvalue weighted by atomic mass is 9.84. The van der Waals surface area contributed by atoms with Gasteiger partial charge in [0.15, 0.2) is 0 Å². The van der Waals surface area contributed by atoms with Crippen molar-refractivity contribution < 1.29 is 37.0 Å². The van der Waals surface area contributed by atoms with Gasteiger partial charge in [0.25, 0.3) is 6.29 Å². The molecule has 156 valence electrons. The van der Waals surface area contributed by atoms with E-state index in [9.17, 15) is 22.8 Å². The Bertz CT molecular complexity index is 896. The molecule has 0 bridgehead atoms. The lowest BCUT2D eigenvalue weighted by Crippen LogP contribution is -2.38. The molecule has 6 nitrogen and oxygen atoms in total. The van der Waals surface area contributed by atoms with Crippen LogP contribution in [0, 0.1) is 11.8 Å². The van der Waals surface area contributed by atoms with Crippen LogP contribution in [0.25, 0.3) is 0 Å². The Morgan fingerprint density at radius 2 is 2.03 bits per heavy atom. The summed E-state index contributed by atoms with van der Waals surface area (Å²) in [7, 11) is 1.24. The zero-order valence-corrected chi connectivity index (χ0v) is 16.1. The van der Waals surface area contributed by atoms with E-state index < -0.39 is 41.7 Å². The summed E-state index contributed by atoms with van der Waals surface area (Å²) in [5.41, 5.74) is -0.453. The van der Waals surface area contributed by atoms with Crippen molar-refractivity contribution in [3.63, 3.8) is 0 Å². The number of allylic oxidation sites excluding steroid dienone is 1. The first-order valence-corrected chi connectivity index (χ1v) is 8.94. The van der Waals surface area contributed by atoms with Gasteiger partial charge >= 0.3 is 18.2 Å². The summed E-state index contributed by atoms with van der Waals surface area (Å²) in [6.07, 6.45) is -3.37. The molecule has 0 fully saturated rings. The SMILES string of the molecule is COC(=O)C1=COC(OC(=O)Nc2ccc(Cl)cc2C(F)(F)F)C2C(C)=CCC12. The molecule has 1 N–H and O–H groups in total. The molecule has 1 aliphatic heterocycles. The number of ether oxygens (including phenoxy) is 3. The van der Waals surface area contributed by atoms with Crippen LogP contribution in [0.2, 0.25) is 5.02 Å². The van der Waals surface area contributed by atoms with E-state index in [-0.39, 0.29) is 10.9 Å². The number of hydrogen-bond acceptors (Lipinski definition) is 5. The van der Waals surface area contributed by atoms with Crippen molar-refractivity contribution >= 4 is 29.4 Å². The predicted octanol–water partition coefficient (Wildman–Crippen LogP) is 4.90. The van der Waals surface area contributed by atoms with E-state index in [4.69, 9.17) is 25.8 Å². The van der Waals surface area contributed by atoms with Crippen LogP contribution >= 0.6 is 11.6 Å². The minimum atomic E-state index is -4.72. The molecule has 3 rings (SSSR count). The predicted molar refractivity (Wildman–Crippen MR) is 96.9 cm³/mol. The second kappa shape index (κ2) is 7.98. The first kappa shape index (κ1) is 21.0. The number of carbonyl (C=O) groups excluding carboxylic acids is 2. The minimum Gasteiger partial charge on any atom is -0.466 e. The van der Waals surface area contributed by atoms with Gasteiger partial charge in [-0.3, -0.25) is 5.32 Å². The van der Waals surface area contributed by atoms with E-state index in [0.29, 0.717) is 18.1 Å². The Morgan fingerprint density at radius 3 is 2.69 bits per heavy atom. The van der Waals surface area contributed by atoms with Gasteiger partial charge in [-0.1, -0.05) is 23.3 Å². The van der Waals surface area contributed by atoms with E-state index in [0.717, 1.165) is 11.6 Å². The monoisotopic (exact) mass is 431 g/mol. The fourth-order valence-corrected chi connectivity index (χ4v) is 3.65. The molecular formula is C19H17ClF3NO5. The van der Waals surface area contributed by atoms with Gasteiger partial charge in [-0.05, 0) is 31.5 Å². The Hall–Kier alpha value is -2.68. The molecule has 0 radical (unpaired) electrons. The Labute approximate surface area is 169 Å². The molecule has 0 saturated carbocycles. The van der Waals surface area contributed by atoms with Gasteiger partial charge in [0.05, 0.1) is 36.1 Å². The number of alkyl halides is 3. The van der Waals surface area contributed by atoms with Crippen molar-refractivity contribution in [2.24, 2.45) is 11.8 Å². The zero-order chi connectivity index (χ0) is 21.3. The van der Waals surface area contributed by atoms with Gasteiger partial charge < -0.3 is 14.2 Å². The molecule has 1 aliphatic carbocycles. The molecule has 29 heavy (non-hydrogen) atoms. The van der Waals surface area contributed by atoms with Crippen LogP contribution in [0.15, 0.2) is 41.7 Å². The molecule has 1 amide bonds. The van der Waals surface area contributed by atoms with Crippen molar-refractivity contribution in [2.45, 2.75) is 25.8 Å². The number of halogens is 4. The van der Waals surface area contributed by atoms with Crippen molar-refractivity contribution in [3.8, 4) is 0 Å². The topological polar surface area (TPSA) is 73.9 Å². The molecule has 3 atom stereocenters. The van der Waals surface area contributed by atoms with Gasteiger partial charge in [0.2, 0.25) is 0 Å². The van der Waals surface area contributed by atoms with E-state index >= 15 is 0 Å². The second-order valence-electron chi connectivity index (χ2n) is 6.60. The minimum absolute atomic E-state index is 0.123. The Morgan fingerprint density at radius 1 is 1.31 bits per heavy atom. The number of fused-ring (bicyclic) bond motifs is 1. The van der Waals surface area contributed by atoms with Gasteiger partial charge in [-0.15, -0.1) is 0 Å². The van der Waals surface area contributed by atoms with Crippen LogP contribution in [-0.2, 0) is 25.2 Å². The fourth-order valence-electron chi connectivity index (χ4n) is 3.47. The van der Waals surface area contributed by atoms with Crippen molar-refractivity contribution in [1.82, 2.24) is 0 Å². The number of hydrogen-bond donors (Lipinski definition) is 1. The molecule has 0 aromatic heterocycles. The number of benzene rings is 1. The summed E-state index contributed by atoms with van der Waals surface area (Å²) in [5.74, 6) is -1.32.